The van der Waals surface area contributed by atoms with Gasteiger partial charge in [-0.2, -0.15) is 0 Å². The Morgan fingerprint density at radius 2 is 0.697 bits per heavy atom. The van der Waals surface area contributed by atoms with Gasteiger partial charge >= 0.3 is 51.4 Å². The van der Waals surface area contributed by atoms with Crippen molar-refractivity contribution in [2.24, 2.45) is 0 Å². The SMILES string of the molecule is CCC(O)(O)[SiH](O[Si](O[Si](O[Si](C)(O[Si](C)(C)O[Si](C)(C)O[Si](C)(C)O[Si](C)(C)C)c1ccccc1)(c1ccccc1)c1ccccc1)(c1ccccc1)c1ccccc1)c1ccccc1. The van der Waals surface area contributed by atoms with E-state index < -0.39 is 74.1 Å². The van der Waals surface area contributed by atoms with Crippen molar-refractivity contribution in [3.05, 3.63) is 182 Å². The summed E-state index contributed by atoms with van der Waals surface area (Å²) in [5, 5.41) is 29.1. The number of hydrogen-bond donors (Lipinski definition) is 2. The fourth-order valence-corrected chi connectivity index (χ4v) is 47.9. The summed E-state index contributed by atoms with van der Waals surface area (Å²) < 4.78 is 52.7. The summed E-state index contributed by atoms with van der Waals surface area (Å²) in [6, 6.07) is 60.1. The van der Waals surface area contributed by atoms with Crippen LogP contribution in [0, 0.1) is 0 Å². The molecule has 0 saturated carbocycles. The van der Waals surface area contributed by atoms with Gasteiger partial charge in [0.2, 0.25) is 0 Å². The smallest absolute Gasteiger partial charge is 0.390 e. The number of benzene rings is 6. The van der Waals surface area contributed by atoms with E-state index in [4.69, 9.17) is 28.8 Å². The molecule has 0 spiro atoms. The van der Waals surface area contributed by atoms with Crippen LogP contribution in [0.15, 0.2) is 182 Å². The van der Waals surface area contributed by atoms with Crippen LogP contribution in [0.4, 0.5) is 0 Å². The largest absolute Gasteiger partial charge is 0.437 e. The van der Waals surface area contributed by atoms with E-state index in [9.17, 15) is 10.2 Å². The average molecular weight is 1030 g/mol. The maximum Gasteiger partial charge on any atom is 0.390 e. The zero-order valence-corrected chi connectivity index (χ0v) is 48.5. The van der Waals surface area contributed by atoms with Crippen LogP contribution in [0.3, 0.4) is 0 Å². The van der Waals surface area contributed by atoms with Crippen LogP contribution in [0.5, 0.6) is 0 Å². The minimum atomic E-state index is -4.16. The monoisotopic (exact) mass is 1020 g/mol. The first-order valence-electron chi connectivity index (χ1n) is 22.7. The lowest BCUT2D eigenvalue weighted by Crippen LogP contribution is -2.80. The summed E-state index contributed by atoms with van der Waals surface area (Å²) in [5.41, 5.74) is -2.16. The highest BCUT2D eigenvalue weighted by Gasteiger charge is 2.61. The van der Waals surface area contributed by atoms with Gasteiger partial charge in [0.1, 0.15) is 0 Å². The summed E-state index contributed by atoms with van der Waals surface area (Å²) in [4.78, 5) is 0. The van der Waals surface area contributed by atoms with E-state index in [-0.39, 0.29) is 6.42 Å². The molecule has 0 saturated heterocycles. The summed E-state index contributed by atoms with van der Waals surface area (Å²) in [6.07, 6.45) is 0.0448. The van der Waals surface area contributed by atoms with E-state index in [1.807, 2.05) is 146 Å². The minimum Gasteiger partial charge on any atom is -0.437 e. The molecule has 0 aliphatic carbocycles. The molecule has 0 amide bonds. The summed E-state index contributed by atoms with van der Waals surface area (Å²) in [5.74, 6) is 0. The predicted octanol–water partition coefficient (Wildman–Crippen LogP) is 6.80. The van der Waals surface area contributed by atoms with E-state index in [0.29, 0.717) is 0 Å². The quantitative estimate of drug-likeness (QED) is 0.0562. The van der Waals surface area contributed by atoms with Crippen molar-refractivity contribution in [2.75, 3.05) is 0 Å². The van der Waals surface area contributed by atoms with E-state index in [2.05, 4.69) is 102 Å². The Hall–Kier alpha value is -3.30. The van der Waals surface area contributed by atoms with E-state index >= 15 is 0 Å². The van der Waals surface area contributed by atoms with E-state index in [1.165, 1.54) is 0 Å². The molecule has 2 atom stereocenters. The van der Waals surface area contributed by atoms with Gasteiger partial charge in [-0.15, -0.1) is 0 Å². The van der Waals surface area contributed by atoms with Gasteiger partial charge in [-0.25, -0.2) is 0 Å². The highest BCUT2D eigenvalue weighted by molar-refractivity contribution is 7.09. The van der Waals surface area contributed by atoms with Gasteiger partial charge < -0.3 is 39.0 Å². The third-order valence-electron chi connectivity index (χ3n) is 10.8. The van der Waals surface area contributed by atoms with Crippen LogP contribution in [0.1, 0.15) is 13.3 Å². The lowest BCUT2D eigenvalue weighted by Gasteiger charge is -2.48. The van der Waals surface area contributed by atoms with Crippen LogP contribution in [0.25, 0.3) is 0 Å². The van der Waals surface area contributed by atoms with Gasteiger partial charge in [0.15, 0.2) is 13.7 Å². The molecule has 350 valence electrons. The molecule has 0 aliphatic rings. The Morgan fingerprint density at radius 1 is 0.379 bits per heavy atom. The second kappa shape index (κ2) is 21.1. The fourth-order valence-electron chi connectivity index (χ4n) is 8.72. The standard InChI is InChI=1S/C49H68O9Si8/c1-12-49(50,51)59(43-31-19-13-20-32-43)52-65(45-35-23-15-24-36-45,46-37-25-16-26-38-46)58-66(47-39-27-17-28-40-47,48-41-29-18-30-42-48)57-64(11,44-33-21-14-22-34-44)56-63(9,10)55-62(7,8)54-61(5,6)53-60(2,3)4/h13-42,50-51,59H,12H2,1-11H3. The lowest BCUT2D eigenvalue weighted by atomic mass is 10.4. The maximum absolute atomic E-state index is 12.1. The molecule has 0 aromatic heterocycles. The van der Waals surface area contributed by atoms with Crippen LogP contribution in [-0.4, -0.2) is 84.3 Å². The van der Waals surface area contributed by atoms with Gasteiger partial charge in [0, 0.05) is 0 Å². The Bertz CT molecular complexity index is 2340. The third kappa shape index (κ3) is 13.1. The molecule has 0 heterocycles. The van der Waals surface area contributed by atoms with E-state index in [0.717, 1.165) is 31.1 Å². The molecule has 6 rings (SSSR count). The minimum absolute atomic E-state index is 0.0448. The zero-order valence-electron chi connectivity index (χ0n) is 40.4. The first-order chi connectivity index (χ1) is 31.0. The van der Waals surface area contributed by atoms with Crippen molar-refractivity contribution in [3.8, 4) is 0 Å². The van der Waals surface area contributed by atoms with E-state index in [1.54, 1.807) is 6.92 Å². The molecular formula is C49H68O9Si8. The Labute approximate surface area is 402 Å². The molecule has 0 bridgehead atoms. The predicted molar refractivity (Wildman–Crippen MR) is 288 cm³/mol. The van der Waals surface area contributed by atoms with Crippen molar-refractivity contribution in [1.82, 2.24) is 0 Å². The summed E-state index contributed by atoms with van der Waals surface area (Å²) in [6.45, 7) is 22.9. The topological polar surface area (TPSA) is 105 Å². The maximum atomic E-state index is 12.1. The van der Waals surface area contributed by atoms with Gasteiger partial charge in [-0.1, -0.05) is 189 Å². The molecule has 0 aliphatic heterocycles. The van der Waals surface area contributed by atoms with Crippen molar-refractivity contribution in [3.63, 3.8) is 0 Å². The molecule has 2 unspecified atom stereocenters. The van der Waals surface area contributed by atoms with Gasteiger partial charge in [-0.05, 0) is 103 Å². The van der Waals surface area contributed by atoms with Crippen molar-refractivity contribution < 1.29 is 39.0 Å². The van der Waals surface area contributed by atoms with Gasteiger partial charge in [0.25, 0.3) is 9.04 Å². The van der Waals surface area contributed by atoms with Crippen LogP contribution < -0.4 is 31.1 Å². The normalized spacial score (nSPS) is 14.7. The zero-order chi connectivity index (χ0) is 47.9. The second-order valence-electron chi connectivity index (χ2n) is 19.1. The van der Waals surface area contributed by atoms with Crippen molar-refractivity contribution in [2.45, 2.75) is 84.2 Å². The molecule has 2 N–H and O–H groups in total. The molecule has 6 aromatic rings. The summed E-state index contributed by atoms with van der Waals surface area (Å²) >= 11 is 0. The second-order valence-corrected chi connectivity index (χ2v) is 47.1. The first-order valence-corrected chi connectivity index (χ1v) is 42.1. The van der Waals surface area contributed by atoms with Gasteiger partial charge in [-0.3, -0.25) is 0 Å². The van der Waals surface area contributed by atoms with Crippen LogP contribution in [0.2, 0.25) is 65.5 Å². The number of rotatable bonds is 22. The molecule has 66 heavy (non-hydrogen) atoms. The van der Waals surface area contributed by atoms with Crippen molar-refractivity contribution >= 4 is 99.8 Å². The fraction of sp³-hybridized carbons (Fsp3) is 0.265. The number of aliphatic hydroxyl groups is 2. The molecular weight excluding hydrogens is 957 g/mol. The third-order valence-corrected chi connectivity index (χ3v) is 41.9. The molecule has 6 aromatic carbocycles. The highest BCUT2D eigenvalue weighted by atomic mass is 28.5. The van der Waals surface area contributed by atoms with Crippen LogP contribution >= 0.6 is 0 Å². The molecule has 0 fully saturated rings. The Morgan fingerprint density at radius 3 is 1.06 bits per heavy atom. The molecule has 17 heteroatoms. The molecule has 9 nitrogen and oxygen atoms in total. The van der Waals surface area contributed by atoms with Crippen molar-refractivity contribution in [1.29, 1.82) is 0 Å². The van der Waals surface area contributed by atoms with Crippen LogP contribution in [-0.2, 0) is 28.8 Å². The average Bonchev–Trinajstić information content (AvgIpc) is 3.27. The van der Waals surface area contributed by atoms with Gasteiger partial charge in [0.05, 0.1) is 0 Å². The highest BCUT2D eigenvalue weighted by Crippen LogP contribution is 2.31. The Balaban J connectivity index is 1.63. The summed E-state index contributed by atoms with van der Waals surface area (Å²) in [7, 11) is -25.8. The number of hydrogen-bond acceptors (Lipinski definition) is 9. The molecule has 0 radical (unpaired) electrons. The Kier molecular flexibility index (Phi) is 16.7. The first kappa shape index (κ1) is 52.1. The lowest BCUT2D eigenvalue weighted by molar-refractivity contribution is -0.100.